The number of rotatable bonds is 5. The van der Waals surface area contributed by atoms with Gasteiger partial charge in [-0.2, -0.15) is 0 Å². The van der Waals surface area contributed by atoms with Crippen molar-refractivity contribution >= 4 is 23.2 Å². The molecule has 1 heterocycles. The lowest BCUT2D eigenvalue weighted by Crippen LogP contribution is -2.61. The Morgan fingerprint density at radius 3 is 2.50 bits per heavy atom. The van der Waals surface area contributed by atoms with E-state index in [1.165, 1.54) is 17.0 Å². The van der Waals surface area contributed by atoms with Gasteiger partial charge in [0.2, 0.25) is 5.91 Å². The second-order valence-corrected chi connectivity index (χ2v) is 6.57. The van der Waals surface area contributed by atoms with E-state index in [4.69, 9.17) is 5.73 Å². The predicted octanol–water partition coefficient (Wildman–Crippen LogP) is 2.06. The Balaban J connectivity index is 1.83. The topological polar surface area (TPSA) is 87.5 Å². The van der Waals surface area contributed by atoms with E-state index in [-0.39, 0.29) is 42.8 Å². The number of aryl methyl sites for hydroxylation is 1. The summed E-state index contributed by atoms with van der Waals surface area (Å²) < 4.78 is 42.3. The smallest absolute Gasteiger partial charge is 0.256 e. The van der Waals surface area contributed by atoms with Crippen LogP contribution in [0.2, 0.25) is 0 Å². The number of halogens is 3. The summed E-state index contributed by atoms with van der Waals surface area (Å²) >= 11 is 0. The number of nitrogens with two attached hydrogens (primary N) is 1. The van der Waals surface area contributed by atoms with Gasteiger partial charge in [-0.25, -0.2) is 13.2 Å². The Morgan fingerprint density at radius 1 is 1.14 bits per heavy atom. The summed E-state index contributed by atoms with van der Waals surface area (Å²) in [6.07, 6.45) is 0. The average molecular weight is 392 g/mol. The van der Waals surface area contributed by atoms with Gasteiger partial charge in [0.25, 0.3) is 5.91 Å². The molecule has 3 rings (SSSR count). The molecule has 4 N–H and O–H groups in total. The second-order valence-electron chi connectivity index (χ2n) is 6.57. The fourth-order valence-corrected chi connectivity index (χ4v) is 2.90. The largest absolute Gasteiger partial charge is 0.350 e. The minimum Gasteiger partial charge on any atom is -0.350 e. The van der Waals surface area contributed by atoms with Crippen LogP contribution >= 0.6 is 0 Å². The van der Waals surface area contributed by atoms with Gasteiger partial charge in [-0.05, 0) is 36.8 Å². The van der Waals surface area contributed by atoms with E-state index in [1.54, 1.807) is 13.0 Å². The molecule has 148 valence electrons. The molecule has 0 aromatic heterocycles. The fraction of sp³-hybridized carbons (Fsp3) is 0.263. The first-order valence-electron chi connectivity index (χ1n) is 8.60. The third-order valence-electron chi connectivity index (χ3n) is 4.43. The molecule has 0 aliphatic carbocycles. The predicted molar refractivity (Wildman–Crippen MR) is 97.7 cm³/mol. The summed E-state index contributed by atoms with van der Waals surface area (Å²) in [5.41, 5.74) is 5.22. The van der Waals surface area contributed by atoms with Crippen molar-refractivity contribution in [1.82, 2.24) is 10.2 Å². The average Bonchev–Trinajstić information content (AvgIpc) is 2.63. The molecule has 2 aromatic rings. The van der Waals surface area contributed by atoms with Crippen molar-refractivity contribution in [2.45, 2.75) is 13.0 Å². The van der Waals surface area contributed by atoms with Gasteiger partial charge in [0.15, 0.2) is 11.6 Å². The zero-order valence-electron chi connectivity index (χ0n) is 15.1. The van der Waals surface area contributed by atoms with Crippen LogP contribution < -0.4 is 16.4 Å². The lowest BCUT2D eigenvalue weighted by Gasteiger charge is -2.39. The van der Waals surface area contributed by atoms with Crippen LogP contribution in [-0.4, -0.2) is 42.4 Å². The summed E-state index contributed by atoms with van der Waals surface area (Å²) in [7, 11) is 0. The second kappa shape index (κ2) is 7.89. The van der Waals surface area contributed by atoms with Crippen LogP contribution in [0.4, 0.5) is 24.5 Å². The Morgan fingerprint density at radius 2 is 1.86 bits per heavy atom. The Bertz CT molecular complexity index is 930. The molecule has 2 amide bonds. The monoisotopic (exact) mass is 392 g/mol. The molecule has 0 bridgehead atoms. The molecule has 0 spiro atoms. The summed E-state index contributed by atoms with van der Waals surface area (Å²) in [5, 5.41) is 5.12. The Labute approximate surface area is 159 Å². The van der Waals surface area contributed by atoms with E-state index in [0.717, 1.165) is 12.1 Å². The number of nitrogens with zero attached hydrogens (tertiary/aromatic N) is 1. The van der Waals surface area contributed by atoms with Gasteiger partial charge in [-0.1, -0.05) is 6.07 Å². The molecule has 1 fully saturated rings. The van der Waals surface area contributed by atoms with Crippen LogP contribution in [0.15, 0.2) is 30.3 Å². The molecule has 0 unspecified atom stereocenters. The van der Waals surface area contributed by atoms with Crippen molar-refractivity contribution in [2.24, 2.45) is 5.73 Å². The summed E-state index contributed by atoms with van der Waals surface area (Å²) in [5.74, 6) is -4.01. The number of likely N-dealkylation sites (tertiary alicyclic amines) is 1. The van der Waals surface area contributed by atoms with E-state index in [2.05, 4.69) is 10.6 Å². The highest BCUT2D eigenvalue weighted by atomic mass is 19.2. The van der Waals surface area contributed by atoms with E-state index in [0.29, 0.717) is 5.56 Å². The van der Waals surface area contributed by atoms with Crippen LogP contribution in [0.25, 0.3) is 0 Å². The highest BCUT2D eigenvalue weighted by Crippen LogP contribution is 2.30. The van der Waals surface area contributed by atoms with E-state index < -0.39 is 29.0 Å². The molecule has 0 radical (unpaired) electrons. The van der Waals surface area contributed by atoms with Crippen LogP contribution in [0.1, 0.15) is 15.9 Å². The zero-order valence-corrected chi connectivity index (χ0v) is 15.1. The van der Waals surface area contributed by atoms with Gasteiger partial charge in [-0.15, -0.1) is 0 Å². The maximum Gasteiger partial charge on any atom is 0.256 e. The van der Waals surface area contributed by atoms with Crippen LogP contribution in [0.5, 0.6) is 0 Å². The van der Waals surface area contributed by atoms with Crippen molar-refractivity contribution in [2.75, 3.05) is 25.0 Å². The number of nitrogens with one attached hydrogen (secondary N) is 2. The zero-order chi connectivity index (χ0) is 20.4. The number of anilines is 2. The van der Waals surface area contributed by atoms with Crippen molar-refractivity contribution in [3.8, 4) is 0 Å². The van der Waals surface area contributed by atoms with Crippen LogP contribution in [0, 0.1) is 24.4 Å². The summed E-state index contributed by atoms with van der Waals surface area (Å²) in [4.78, 5) is 25.4. The quantitative estimate of drug-likeness (QED) is 0.727. The maximum absolute atomic E-state index is 14.4. The molecule has 0 atom stereocenters. The SMILES string of the molecule is Cc1ccc(Nc2c(C(=O)N3CC(NC(=O)CN)C3)ccc(F)c2F)c(F)c1. The molecule has 28 heavy (non-hydrogen) atoms. The van der Waals surface area contributed by atoms with Crippen LogP contribution in [0.3, 0.4) is 0 Å². The summed E-state index contributed by atoms with van der Waals surface area (Å²) in [6, 6.07) is 5.95. The van der Waals surface area contributed by atoms with Crippen molar-refractivity contribution in [1.29, 1.82) is 0 Å². The van der Waals surface area contributed by atoms with E-state index in [1.807, 2.05) is 0 Å². The minimum atomic E-state index is -1.28. The fourth-order valence-electron chi connectivity index (χ4n) is 2.90. The maximum atomic E-state index is 14.4. The first-order chi connectivity index (χ1) is 13.3. The molecule has 1 saturated heterocycles. The number of benzene rings is 2. The van der Waals surface area contributed by atoms with E-state index in [9.17, 15) is 22.8 Å². The normalized spacial score (nSPS) is 13.8. The van der Waals surface area contributed by atoms with Gasteiger partial charge in [0.05, 0.1) is 29.5 Å². The highest BCUT2D eigenvalue weighted by Gasteiger charge is 2.34. The third-order valence-corrected chi connectivity index (χ3v) is 4.43. The first-order valence-corrected chi connectivity index (χ1v) is 8.60. The Kier molecular flexibility index (Phi) is 5.55. The standard InChI is InChI=1S/C19H19F3N4O2/c1-10-2-5-15(14(21)6-10)25-18-12(3-4-13(20)17(18)22)19(28)26-8-11(9-26)24-16(27)7-23/h2-6,11,25H,7-9,23H2,1H3,(H,24,27). The number of hydrogen-bond donors (Lipinski definition) is 3. The van der Waals surface area contributed by atoms with Gasteiger partial charge < -0.3 is 21.3 Å². The van der Waals surface area contributed by atoms with Gasteiger partial charge in [0.1, 0.15) is 5.82 Å². The first kappa shape index (κ1) is 19.7. The van der Waals surface area contributed by atoms with Crippen molar-refractivity contribution in [3.05, 3.63) is 58.9 Å². The van der Waals surface area contributed by atoms with E-state index >= 15 is 0 Å². The lowest BCUT2D eigenvalue weighted by atomic mass is 10.0. The summed E-state index contributed by atoms with van der Waals surface area (Å²) in [6.45, 7) is 1.95. The molecule has 0 saturated carbocycles. The highest BCUT2D eigenvalue weighted by molar-refractivity contribution is 6.01. The van der Waals surface area contributed by atoms with Gasteiger partial charge in [0, 0.05) is 13.1 Å². The van der Waals surface area contributed by atoms with Gasteiger partial charge >= 0.3 is 0 Å². The molecule has 1 aliphatic rings. The van der Waals surface area contributed by atoms with Crippen LogP contribution in [-0.2, 0) is 4.79 Å². The van der Waals surface area contributed by atoms with Gasteiger partial charge in [-0.3, -0.25) is 9.59 Å². The molecule has 6 nitrogen and oxygen atoms in total. The number of carbonyl (C=O) groups excluding carboxylic acids is 2. The molecular formula is C19H19F3N4O2. The minimum absolute atomic E-state index is 0.0826. The van der Waals surface area contributed by atoms with Crippen molar-refractivity contribution < 1.29 is 22.8 Å². The molecule has 1 aliphatic heterocycles. The van der Waals surface area contributed by atoms with Crippen molar-refractivity contribution in [3.63, 3.8) is 0 Å². The number of hydrogen-bond acceptors (Lipinski definition) is 4. The third kappa shape index (κ3) is 3.94. The molecular weight excluding hydrogens is 373 g/mol. The molecule has 2 aromatic carbocycles. The molecule has 9 heteroatoms. The Hall–Kier alpha value is -3.07. The number of amides is 2. The lowest BCUT2D eigenvalue weighted by molar-refractivity contribution is -0.121. The number of carbonyl (C=O) groups is 2.